The summed E-state index contributed by atoms with van der Waals surface area (Å²) in [4.78, 5) is 27.8. The van der Waals surface area contributed by atoms with Crippen molar-refractivity contribution in [3.05, 3.63) is 57.0 Å². The lowest BCUT2D eigenvalue weighted by atomic mass is 9.74. The number of nitrogens with one attached hydrogen (secondary N) is 1. The van der Waals surface area contributed by atoms with Gasteiger partial charge in [0.1, 0.15) is 5.82 Å². The number of nitrogens with zero attached hydrogens (tertiary/aromatic N) is 2. The molecule has 2 aromatic rings. The van der Waals surface area contributed by atoms with Gasteiger partial charge in [0.25, 0.3) is 0 Å². The number of hydrogen-bond acceptors (Lipinski definition) is 6. The van der Waals surface area contributed by atoms with Crippen molar-refractivity contribution in [1.82, 2.24) is 4.98 Å². The van der Waals surface area contributed by atoms with Gasteiger partial charge in [0.2, 0.25) is 5.91 Å². The third kappa shape index (κ3) is 6.24. The number of nitroso groups, excluding NO2 is 1. The normalized spacial score (nSPS) is 20.1. The van der Waals surface area contributed by atoms with Crippen molar-refractivity contribution in [2.24, 2.45) is 11.1 Å². The highest BCUT2D eigenvalue weighted by atomic mass is 35.5. The molecule has 1 unspecified atom stereocenters. The standard InChI is InChI=1S/C21H23Cl2N3O4S/c1-31(29,30)19-8-4-14(10-18(19)23)17(13-2-6-16(26-28)7-3-13)11-21(27)25-20-9-5-15(22)12-24-20/h4-5,8-10,12-13,16-17H,2-3,6-7,11H2,1H3,(H,24,25,27). The third-order valence-electron chi connectivity index (χ3n) is 5.64. The number of halogens is 2. The van der Waals surface area contributed by atoms with E-state index in [0.29, 0.717) is 23.7 Å². The quantitative estimate of drug-likeness (QED) is 0.542. The number of anilines is 1. The summed E-state index contributed by atoms with van der Waals surface area (Å²) in [5.74, 6) is 0.124. The van der Waals surface area contributed by atoms with Gasteiger partial charge in [-0.15, -0.1) is 0 Å². The molecular weight excluding hydrogens is 461 g/mol. The van der Waals surface area contributed by atoms with Gasteiger partial charge in [0, 0.05) is 18.9 Å². The molecule has 1 aromatic heterocycles. The van der Waals surface area contributed by atoms with Crippen LogP contribution >= 0.6 is 23.2 Å². The van der Waals surface area contributed by atoms with E-state index in [1.165, 1.54) is 12.3 Å². The van der Waals surface area contributed by atoms with Crippen molar-refractivity contribution < 1.29 is 13.2 Å². The minimum Gasteiger partial charge on any atom is -0.311 e. The van der Waals surface area contributed by atoms with E-state index in [2.05, 4.69) is 15.5 Å². The fourth-order valence-corrected chi connectivity index (χ4v) is 5.51. The number of sulfone groups is 1. The van der Waals surface area contributed by atoms with E-state index in [0.717, 1.165) is 24.7 Å². The average molecular weight is 484 g/mol. The second-order valence-electron chi connectivity index (χ2n) is 7.86. The minimum absolute atomic E-state index is 0.0559. The fraction of sp³-hybridized carbons (Fsp3) is 0.429. The first-order valence-corrected chi connectivity index (χ1v) is 12.6. The summed E-state index contributed by atoms with van der Waals surface area (Å²) < 4.78 is 23.8. The van der Waals surface area contributed by atoms with Gasteiger partial charge in [-0.3, -0.25) is 4.79 Å². The fourth-order valence-electron chi connectivity index (χ4n) is 4.06. The summed E-state index contributed by atoms with van der Waals surface area (Å²) in [6, 6.07) is 7.88. The predicted octanol–water partition coefficient (Wildman–Crippen LogP) is 5.23. The first-order chi connectivity index (χ1) is 14.7. The van der Waals surface area contributed by atoms with Crippen LogP contribution in [0, 0.1) is 10.8 Å². The topological polar surface area (TPSA) is 106 Å². The molecule has 1 aliphatic rings. The highest BCUT2D eigenvalue weighted by Gasteiger charge is 2.31. The average Bonchev–Trinajstić information content (AvgIpc) is 2.73. The molecule has 7 nitrogen and oxygen atoms in total. The number of hydrogen-bond donors (Lipinski definition) is 1. The van der Waals surface area contributed by atoms with Gasteiger partial charge < -0.3 is 5.32 Å². The number of rotatable bonds is 7. The lowest BCUT2D eigenvalue weighted by molar-refractivity contribution is -0.116. The molecule has 1 N–H and O–H groups in total. The lowest BCUT2D eigenvalue weighted by Gasteiger charge is -2.32. The van der Waals surface area contributed by atoms with Crippen LogP contribution < -0.4 is 5.32 Å². The Morgan fingerprint density at radius 1 is 1.19 bits per heavy atom. The van der Waals surface area contributed by atoms with Gasteiger partial charge in [-0.25, -0.2) is 13.4 Å². The first-order valence-electron chi connectivity index (χ1n) is 9.90. The van der Waals surface area contributed by atoms with Gasteiger partial charge in [0.15, 0.2) is 9.84 Å². The van der Waals surface area contributed by atoms with Crippen LogP contribution in [0.25, 0.3) is 0 Å². The molecule has 1 heterocycles. The van der Waals surface area contributed by atoms with E-state index in [1.807, 2.05) is 0 Å². The van der Waals surface area contributed by atoms with Crippen molar-refractivity contribution in [2.75, 3.05) is 11.6 Å². The smallest absolute Gasteiger partial charge is 0.226 e. The summed E-state index contributed by atoms with van der Waals surface area (Å²) in [5, 5.41) is 6.53. The summed E-state index contributed by atoms with van der Waals surface area (Å²) >= 11 is 12.1. The van der Waals surface area contributed by atoms with Crippen molar-refractivity contribution in [3.63, 3.8) is 0 Å². The molecular formula is C21H23Cl2N3O4S. The molecule has 1 amide bonds. The zero-order valence-corrected chi connectivity index (χ0v) is 19.3. The van der Waals surface area contributed by atoms with E-state index in [4.69, 9.17) is 23.2 Å². The van der Waals surface area contributed by atoms with Crippen LogP contribution in [0.15, 0.2) is 46.6 Å². The zero-order valence-electron chi connectivity index (χ0n) is 16.9. The van der Waals surface area contributed by atoms with Crippen LogP contribution in [0.3, 0.4) is 0 Å². The first kappa shape index (κ1) is 23.6. The van der Waals surface area contributed by atoms with Gasteiger partial charge in [-0.2, -0.15) is 4.91 Å². The van der Waals surface area contributed by atoms with Crippen LogP contribution in [0.1, 0.15) is 43.6 Å². The monoisotopic (exact) mass is 483 g/mol. The predicted molar refractivity (Wildman–Crippen MR) is 121 cm³/mol. The SMILES string of the molecule is CS(=O)(=O)c1ccc(C(CC(=O)Nc2ccc(Cl)cn2)C2CCC(N=O)CC2)cc1Cl. The Bertz CT molecular complexity index is 1050. The van der Waals surface area contributed by atoms with E-state index in [9.17, 15) is 18.1 Å². The summed E-state index contributed by atoms with van der Waals surface area (Å²) in [7, 11) is -3.46. The molecule has 3 rings (SSSR count). The molecule has 166 valence electrons. The minimum atomic E-state index is -3.46. The van der Waals surface area contributed by atoms with Gasteiger partial charge in [-0.05, 0) is 67.3 Å². The molecule has 1 fully saturated rings. The Morgan fingerprint density at radius 3 is 2.45 bits per heavy atom. The summed E-state index contributed by atoms with van der Waals surface area (Å²) in [6.07, 6.45) is 5.55. The summed E-state index contributed by atoms with van der Waals surface area (Å²) in [5.41, 5.74) is 0.791. The highest BCUT2D eigenvalue weighted by molar-refractivity contribution is 7.90. The third-order valence-corrected chi connectivity index (χ3v) is 7.45. The number of aromatic nitrogens is 1. The van der Waals surface area contributed by atoms with Gasteiger partial charge in [0.05, 0.1) is 21.0 Å². The molecule has 0 saturated heterocycles. The molecule has 0 spiro atoms. The maximum Gasteiger partial charge on any atom is 0.226 e. The maximum atomic E-state index is 12.8. The van der Waals surface area contributed by atoms with Crippen molar-refractivity contribution in [1.29, 1.82) is 0 Å². The Kier molecular flexibility index (Phi) is 7.67. The molecule has 31 heavy (non-hydrogen) atoms. The van der Waals surface area contributed by atoms with E-state index in [1.54, 1.807) is 24.3 Å². The Morgan fingerprint density at radius 2 is 1.90 bits per heavy atom. The second-order valence-corrected chi connectivity index (χ2v) is 10.7. The largest absolute Gasteiger partial charge is 0.311 e. The number of benzene rings is 1. The molecule has 1 atom stereocenters. The molecule has 1 saturated carbocycles. The maximum absolute atomic E-state index is 12.8. The molecule has 10 heteroatoms. The number of amides is 1. The number of pyridine rings is 1. The summed E-state index contributed by atoms with van der Waals surface area (Å²) in [6.45, 7) is 0. The van der Waals surface area contributed by atoms with E-state index in [-0.39, 0.29) is 40.1 Å². The van der Waals surface area contributed by atoms with Crippen LogP contribution in [0.5, 0.6) is 0 Å². The Balaban J connectivity index is 1.84. The molecule has 0 aliphatic heterocycles. The van der Waals surface area contributed by atoms with Crippen LogP contribution in [0.2, 0.25) is 10.0 Å². The molecule has 1 aliphatic carbocycles. The molecule has 0 radical (unpaired) electrons. The van der Waals surface area contributed by atoms with Gasteiger partial charge in [-0.1, -0.05) is 34.4 Å². The highest BCUT2D eigenvalue weighted by Crippen LogP contribution is 2.40. The van der Waals surface area contributed by atoms with Crippen molar-refractivity contribution in [2.45, 2.75) is 49.0 Å². The van der Waals surface area contributed by atoms with Gasteiger partial charge >= 0.3 is 0 Å². The second kappa shape index (κ2) is 10.1. The van der Waals surface area contributed by atoms with Crippen LogP contribution in [0.4, 0.5) is 5.82 Å². The van der Waals surface area contributed by atoms with Crippen molar-refractivity contribution >= 4 is 44.8 Å². The molecule has 0 bridgehead atoms. The van der Waals surface area contributed by atoms with E-state index < -0.39 is 9.84 Å². The van der Waals surface area contributed by atoms with Crippen molar-refractivity contribution in [3.8, 4) is 0 Å². The Labute approximate surface area is 191 Å². The van der Waals surface area contributed by atoms with Crippen LogP contribution in [-0.4, -0.2) is 31.6 Å². The number of carbonyl (C=O) groups is 1. The van der Waals surface area contributed by atoms with E-state index >= 15 is 0 Å². The number of carbonyl (C=O) groups excluding carboxylic acids is 1. The van der Waals surface area contributed by atoms with Crippen LogP contribution in [-0.2, 0) is 14.6 Å². The molecule has 1 aromatic carbocycles. The zero-order chi connectivity index (χ0) is 22.6. The Hall–Kier alpha value is -2.03. The lowest BCUT2D eigenvalue weighted by Crippen LogP contribution is -2.26.